The van der Waals surface area contributed by atoms with Crippen LogP contribution < -0.4 is 5.32 Å². The molecule has 88 valence electrons. The molecule has 1 aromatic rings. The predicted octanol–water partition coefficient (Wildman–Crippen LogP) is 0.711. The lowest BCUT2D eigenvalue weighted by Gasteiger charge is -2.04. The molecule has 0 aromatic carbocycles. The van der Waals surface area contributed by atoms with Crippen molar-refractivity contribution in [2.75, 3.05) is 6.54 Å². The molecule has 0 radical (unpaired) electrons. The van der Waals surface area contributed by atoms with Gasteiger partial charge >= 0.3 is 5.69 Å². The Morgan fingerprint density at radius 1 is 1.69 bits per heavy atom. The maximum atomic E-state index is 11.2. The number of alkyl halides is 2. The van der Waals surface area contributed by atoms with Crippen LogP contribution in [0.15, 0.2) is 12.4 Å². The third kappa shape index (κ3) is 4.03. The fourth-order valence-electron chi connectivity index (χ4n) is 0.927. The molecule has 0 saturated heterocycles. The fourth-order valence-corrected chi connectivity index (χ4v) is 1.08. The largest absolute Gasteiger partial charge is 0.352 e. The minimum atomic E-state index is -0.684. The molecule has 0 bridgehead atoms. The molecule has 0 saturated carbocycles. The molecule has 0 atom stereocenters. The molecule has 0 aliphatic rings. The van der Waals surface area contributed by atoms with Crippen LogP contribution in [-0.2, 0) is 11.3 Å². The van der Waals surface area contributed by atoms with Gasteiger partial charge in [0.25, 0.3) is 0 Å². The Morgan fingerprint density at radius 3 is 2.88 bits per heavy atom. The molecule has 0 unspecified atom stereocenters. The number of rotatable bonds is 5. The van der Waals surface area contributed by atoms with Gasteiger partial charge in [-0.25, -0.2) is 0 Å². The molecular formula is C7H8Cl2N4O3. The Bertz CT molecular complexity index is 393. The lowest BCUT2D eigenvalue weighted by Crippen LogP contribution is -2.31. The molecule has 16 heavy (non-hydrogen) atoms. The van der Waals surface area contributed by atoms with Gasteiger partial charge in [-0.15, -0.1) is 23.2 Å². The molecule has 1 aromatic heterocycles. The van der Waals surface area contributed by atoms with Gasteiger partial charge in [0.15, 0.2) is 0 Å². The van der Waals surface area contributed by atoms with Crippen LogP contribution >= 0.6 is 23.2 Å². The van der Waals surface area contributed by atoms with Crippen molar-refractivity contribution in [3.63, 3.8) is 0 Å². The van der Waals surface area contributed by atoms with Gasteiger partial charge in [0.1, 0.15) is 23.8 Å². The molecule has 1 rings (SSSR count). The first-order valence-electron chi connectivity index (χ1n) is 4.20. The second kappa shape index (κ2) is 5.66. The zero-order chi connectivity index (χ0) is 12.1. The Morgan fingerprint density at radius 2 is 2.38 bits per heavy atom. The van der Waals surface area contributed by atoms with Gasteiger partial charge in [-0.1, -0.05) is 0 Å². The van der Waals surface area contributed by atoms with Crippen molar-refractivity contribution < 1.29 is 9.72 Å². The van der Waals surface area contributed by atoms with E-state index in [4.69, 9.17) is 23.2 Å². The van der Waals surface area contributed by atoms with E-state index in [1.165, 1.54) is 6.20 Å². The molecule has 1 N–H and O–H groups in total. The number of nitrogens with one attached hydrogen (secondary N) is 1. The first kappa shape index (κ1) is 12.7. The number of carbonyl (C=O) groups excluding carboxylic acids is 1. The molecule has 0 aliphatic heterocycles. The summed E-state index contributed by atoms with van der Waals surface area (Å²) in [6, 6.07) is 0. The molecule has 9 heteroatoms. The third-order valence-corrected chi connectivity index (χ3v) is 1.90. The first-order valence-corrected chi connectivity index (χ1v) is 5.08. The minimum Gasteiger partial charge on any atom is -0.352 e. The number of hydrogen-bond acceptors (Lipinski definition) is 4. The molecule has 0 aliphatic carbocycles. The normalized spacial score (nSPS) is 10.4. The summed E-state index contributed by atoms with van der Waals surface area (Å²) in [5.41, 5.74) is -0.166. The highest BCUT2D eigenvalue weighted by molar-refractivity contribution is 6.44. The molecular weight excluding hydrogens is 259 g/mol. The highest BCUT2D eigenvalue weighted by Gasteiger charge is 2.11. The van der Waals surface area contributed by atoms with Gasteiger partial charge in [-0.05, 0) is 0 Å². The summed E-state index contributed by atoms with van der Waals surface area (Å²) in [6.45, 7) is -0.000353. The summed E-state index contributed by atoms with van der Waals surface area (Å²) in [4.78, 5) is 20.3. The average Bonchev–Trinajstić information content (AvgIpc) is 2.63. The molecule has 1 heterocycles. The van der Waals surface area contributed by atoms with Crippen LogP contribution in [0.4, 0.5) is 5.69 Å². The second-order valence-electron chi connectivity index (χ2n) is 2.85. The minimum absolute atomic E-state index is 0.116. The van der Waals surface area contributed by atoms with Crippen molar-refractivity contribution in [2.45, 2.75) is 11.4 Å². The molecule has 1 amide bonds. The Hall–Kier alpha value is -1.34. The number of nitro groups is 1. The maximum absolute atomic E-state index is 11.2. The predicted molar refractivity (Wildman–Crippen MR) is 57.4 cm³/mol. The number of aromatic nitrogens is 2. The van der Waals surface area contributed by atoms with E-state index >= 15 is 0 Å². The Balaban J connectivity index is 2.46. The topological polar surface area (TPSA) is 90.1 Å². The van der Waals surface area contributed by atoms with Crippen LogP contribution in [0.25, 0.3) is 0 Å². The number of carbonyl (C=O) groups is 1. The third-order valence-electron chi connectivity index (χ3n) is 1.59. The summed E-state index contributed by atoms with van der Waals surface area (Å²) in [6.07, 6.45) is 2.23. The van der Waals surface area contributed by atoms with Crippen LogP contribution in [0.3, 0.4) is 0 Å². The van der Waals surface area contributed by atoms with E-state index in [2.05, 4.69) is 10.4 Å². The molecule has 0 spiro atoms. The van der Waals surface area contributed by atoms with E-state index in [9.17, 15) is 14.9 Å². The van der Waals surface area contributed by atoms with E-state index in [0.29, 0.717) is 0 Å². The first-order chi connectivity index (χ1) is 7.49. The van der Waals surface area contributed by atoms with E-state index in [0.717, 1.165) is 10.9 Å². The maximum Gasteiger partial charge on any atom is 0.307 e. The van der Waals surface area contributed by atoms with Crippen molar-refractivity contribution in [3.8, 4) is 0 Å². The quantitative estimate of drug-likeness (QED) is 0.483. The van der Waals surface area contributed by atoms with Crippen LogP contribution in [-0.4, -0.2) is 32.0 Å². The van der Waals surface area contributed by atoms with Gasteiger partial charge in [0.05, 0.1) is 4.92 Å². The molecule has 0 fully saturated rings. The van der Waals surface area contributed by atoms with E-state index in [1.807, 2.05) is 0 Å². The summed E-state index contributed by atoms with van der Waals surface area (Å²) < 4.78 is 1.16. The summed E-state index contributed by atoms with van der Waals surface area (Å²) >= 11 is 10.8. The standard InChI is InChI=1S/C7H8Cl2N4O3/c8-6(9)2-10-7(14)4-12-3-5(1-11-12)13(15)16/h1,3,6H,2,4H2,(H,10,14). The van der Waals surface area contributed by atoms with Gasteiger partial charge < -0.3 is 5.32 Å². The Labute approximate surface area is 100 Å². The number of hydrogen-bond donors (Lipinski definition) is 1. The molecule has 7 nitrogen and oxygen atoms in total. The lowest BCUT2D eigenvalue weighted by molar-refractivity contribution is -0.385. The highest BCUT2D eigenvalue weighted by atomic mass is 35.5. The fraction of sp³-hybridized carbons (Fsp3) is 0.429. The average molecular weight is 267 g/mol. The smallest absolute Gasteiger partial charge is 0.307 e. The van der Waals surface area contributed by atoms with Crippen LogP contribution in [0.2, 0.25) is 0 Å². The van der Waals surface area contributed by atoms with E-state index < -0.39 is 9.76 Å². The van der Waals surface area contributed by atoms with Crippen LogP contribution in [0, 0.1) is 10.1 Å². The van der Waals surface area contributed by atoms with E-state index in [-0.39, 0.29) is 24.7 Å². The summed E-state index contributed by atoms with van der Waals surface area (Å²) in [7, 11) is 0. The van der Waals surface area contributed by atoms with Gasteiger partial charge in [-0.3, -0.25) is 19.6 Å². The van der Waals surface area contributed by atoms with Crippen molar-refractivity contribution >= 4 is 34.8 Å². The van der Waals surface area contributed by atoms with Crippen LogP contribution in [0.5, 0.6) is 0 Å². The number of nitrogens with zero attached hydrogens (tertiary/aromatic N) is 3. The van der Waals surface area contributed by atoms with Crippen molar-refractivity contribution in [1.29, 1.82) is 0 Å². The number of amides is 1. The monoisotopic (exact) mass is 266 g/mol. The van der Waals surface area contributed by atoms with Crippen LogP contribution in [0.1, 0.15) is 0 Å². The van der Waals surface area contributed by atoms with Crippen molar-refractivity contribution in [1.82, 2.24) is 15.1 Å². The van der Waals surface area contributed by atoms with Gasteiger partial charge in [0.2, 0.25) is 5.91 Å². The lowest BCUT2D eigenvalue weighted by atomic mass is 10.5. The summed E-state index contributed by atoms with van der Waals surface area (Å²) in [5.74, 6) is -0.371. The van der Waals surface area contributed by atoms with Crippen molar-refractivity contribution in [3.05, 3.63) is 22.5 Å². The summed E-state index contributed by atoms with van der Waals surface area (Å²) in [5, 5.41) is 16.4. The van der Waals surface area contributed by atoms with Crippen molar-refractivity contribution in [2.24, 2.45) is 0 Å². The Kier molecular flexibility index (Phi) is 4.51. The number of halogens is 2. The SMILES string of the molecule is O=C(Cn1cc([N+](=O)[O-])cn1)NCC(Cl)Cl. The second-order valence-corrected chi connectivity index (χ2v) is 4.13. The van der Waals surface area contributed by atoms with Gasteiger partial charge in [-0.2, -0.15) is 5.10 Å². The van der Waals surface area contributed by atoms with E-state index in [1.54, 1.807) is 0 Å². The zero-order valence-corrected chi connectivity index (χ0v) is 9.48. The van der Waals surface area contributed by atoms with Gasteiger partial charge in [0, 0.05) is 6.54 Å². The highest BCUT2D eigenvalue weighted by Crippen LogP contribution is 2.07. The zero-order valence-electron chi connectivity index (χ0n) is 7.97.